The van der Waals surface area contributed by atoms with Crippen LogP contribution >= 0.6 is 0 Å². The quantitative estimate of drug-likeness (QED) is 0.621. The van der Waals surface area contributed by atoms with Crippen LogP contribution in [0.15, 0.2) is 48.5 Å². The van der Waals surface area contributed by atoms with E-state index in [2.05, 4.69) is 5.10 Å². The summed E-state index contributed by atoms with van der Waals surface area (Å²) in [5, 5.41) is 4.37. The standard InChI is InChI=1S/C23H21N5O4/c1-32-17-4-2-3-16(13-17)28-21-18(20(25-28)22(24)30)9-11-27(23(21)31)15-7-5-14(6-8-15)26-12-10-19(26)29/h2-8,13H,9-12H2,1H3,(H2,24,30). The average Bonchev–Trinajstić information content (AvgIpc) is 3.20. The van der Waals surface area contributed by atoms with Gasteiger partial charge in [0.25, 0.3) is 11.8 Å². The van der Waals surface area contributed by atoms with Crippen molar-refractivity contribution in [3.05, 3.63) is 65.5 Å². The molecule has 3 aromatic rings. The van der Waals surface area contributed by atoms with Crippen molar-refractivity contribution in [2.45, 2.75) is 12.8 Å². The van der Waals surface area contributed by atoms with E-state index in [0.29, 0.717) is 54.3 Å². The molecule has 0 spiro atoms. The van der Waals surface area contributed by atoms with Gasteiger partial charge in [-0.05, 0) is 42.8 Å². The van der Waals surface area contributed by atoms with E-state index in [1.54, 1.807) is 41.2 Å². The third-order valence-electron chi connectivity index (χ3n) is 5.87. The molecule has 3 amide bonds. The number of anilines is 2. The number of methoxy groups -OCH3 is 1. The number of amides is 3. The van der Waals surface area contributed by atoms with E-state index in [4.69, 9.17) is 10.5 Å². The van der Waals surface area contributed by atoms with Crippen molar-refractivity contribution in [2.24, 2.45) is 5.73 Å². The third-order valence-corrected chi connectivity index (χ3v) is 5.87. The van der Waals surface area contributed by atoms with Crippen LogP contribution in [0.25, 0.3) is 5.69 Å². The van der Waals surface area contributed by atoms with E-state index in [9.17, 15) is 14.4 Å². The minimum absolute atomic E-state index is 0.0950. The fraction of sp³-hybridized carbons (Fsp3) is 0.217. The van der Waals surface area contributed by atoms with Crippen LogP contribution in [0.5, 0.6) is 5.75 Å². The van der Waals surface area contributed by atoms with E-state index < -0.39 is 5.91 Å². The lowest BCUT2D eigenvalue weighted by atomic mass is 10.0. The number of fused-ring (bicyclic) bond motifs is 1. The van der Waals surface area contributed by atoms with Crippen LogP contribution in [-0.4, -0.2) is 47.7 Å². The number of carbonyl (C=O) groups is 3. The molecule has 0 aliphatic carbocycles. The Balaban J connectivity index is 1.54. The SMILES string of the molecule is COc1cccc(-n2nc(C(N)=O)c3c2C(=O)N(c2ccc(N4CCC4=O)cc2)CC3)c1. The van der Waals surface area contributed by atoms with Gasteiger partial charge in [-0.3, -0.25) is 14.4 Å². The van der Waals surface area contributed by atoms with Crippen LogP contribution in [0.3, 0.4) is 0 Å². The van der Waals surface area contributed by atoms with E-state index >= 15 is 0 Å². The molecule has 1 aromatic heterocycles. The Bertz CT molecular complexity index is 1250. The second kappa shape index (κ2) is 7.52. The Kier molecular flexibility index (Phi) is 4.66. The largest absolute Gasteiger partial charge is 0.497 e. The fourth-order valence-corrected chi connectivity index (χ4v) is 4.13. The minimum atomic E-state index is -0.673. The molecular weight excluding hydrogens is 410 g/mol. The lowest BCUT2D eigenvalue weighted by molar-refractivity contribution is -0.122. The molecule has 9 heteroatoms. The van der Waals surface area contributed by atoms with Gasteiger partial charge >= 0.3 is 0 Å². The molecule has 0 bridgehead atoms. The normalized spacial score (nSPS) is 15.4. The number of hydrogen-bond donors (Lipinski definition) is 1. The summed E-state index contributed by atoms with van der Waals surface area (Å²) in [6.45, 7) is 1.09. The first kappa shape index (κ1) is 19.8. The molecule has 2 aromatic carbocycles. The molecule has 1 fully saturated rings. The molecule has 2 aliphatic heterocycles. The van der Waals surface area contributed by atoms with Crippen molar-refractivity contribution in [3.63, 3.8) is 0 Å². The van der Waals surface area contributed by atoms with E-state index in [1.165, 1.54) is 4.68 Å². The van der Waals surface area contributed by atoms with Crippen LogP contribution in [0.2, 0.25) is 0 Å². The summed E-state index contributed by atoms with van der Waals surface area (Å²) in [6, 6.07) is 14.4. The average molecular weight is 431 g/mol. The lowest BCUT2D eigenvalue weighted by Crippen LogP contribution is -2.43. The number of primary amides is 1. The zero-order valence-electron chi connectivity index (χ0n) is 17.4. The summed E-state index contributed by atoms with van der Waals surface area (Å²) in [5.74, 6) is -0.254. The molecule has 1 saturated heterocycles. The molecule has 32 heavy (non-hydrogen) atoms. The Morgan fingerprint density at radius 1 is 0.969 bits per heavy atom. The first-order valence-corrected chi connectivity index (χ1v) is 10.3. The van der Waals surface area contributed by atoms with Gasteiger partial charge in [0.1, 0.15) is 11.4 Å². The van der Waals surface area contributed by atoms with Crippen molar-refractivity contribution >= 4 is 29.1 Å². The van der Waals surface area contributed by atoms with Crippen molar-refractivity contribution in [1.29, 1.82) is 0 Å². The van der Waals surface area contributed by atoms with Gasteiger partial charge < -0.3 is 20.3 Å². The summed E-state index contributed by atoms with van der Waals surface area (Å²) >= 11 is 0. The fourth-order valence-electron chi connectivity index (χ4n) is 4.13. The van der Waals surface area contributed by atoms with Gasteiger partial charge in [-0.15, -0.1) is 0 Å². The second-order valence-corrected chi connectivity index (χ2v) is 7.67. The molecule has 162 valence electrons. The van der Waals surface area contributed by atoms with Crippen LogP contribution in [-0.2, 0) is 11.2 Å². The number of rotatable bonds is 5. The maximum Gasteiger partial charge on any atom is 0.277 e. The van der Waals surface area contributed by atoms with E-state index in [-0.39, 0.29) is 17.5 Å². The van der Waals surface area contributed by atoms with Gasteiger partial charge in [0.05, 0.1) is 12.8 Å². The molecule has 2 aliphatic rings. The topological polar surface area (TPSA) is 111 Å². The third kappa shape index (κ3) is 3.09. The minimum Gasteiger partial charge on any atom is -0.497 e. The summed E-state index contributed by atoms with van der Waals surface area (Å²) in [4.78, 5) is 40.6. The summed E-state index contributed by atoms with van der Waals surface area (Å²) in [7, 11) is 1.55. The van der Waals surface area contributed by atoms with Gasteiger partial charge in [0, 0.05) is 42.5 Å². The van der Waals surface area contributed by atoms with Crippen molar-refractivity contribution in [3.8, 4) is 11.4 Å². The maximum absolute atomic E-state index is 13.6. The van der Waals surface area contributed by atoms with Crippen molar-refractivity contribution < 1.29 is 19.1 Å². The number of aromatic nitrogens is 2. The first-order chi connectivity index (χ1) is 15.5. The van der Waals surface area contributed by atoms with Gasteiger partial charge in [-0.1, -0.05) is 6.07 Å². The van der Waals surface area contributed by atoms with Crippen molar-refractivity contribution in [2.75, 3.05) is 30.0 Å². The van der Waals surface area contributed by atoms with Crippen LogP contribution in [0.4, 0.5) is 11.4 Å². The number of nitrogens with two attached hydrogens (primary N) is 1. The zero-order valence-corrected chi connectivity index (χ0v) is 17.4. The number of β-lactam (4-membered cyclic amide) rings is 1. The second-order valence-electron chi connectivity index (χ2n) is 7.67. The predicted octanol–water partition coefficient (Wildman–Crippen LogP) is 1.92. The highest BCUT2D eigenvalue weighted by atomic mass is 16.5. The van der Waals surface area contributed by atoms with Gasteiger partial charge in [0.15, 0.2) is 5.69 Å². The van der Waals surface area contributed by atoms with Crippen LogP contribution < -0.4 is 20.3 Å². The van der Waals surface area contributed by atoms with Gasteiger partial charge in [0.2, 0.25) is 5.91 Å². The van der Waals surface area contributed by atoms with Crippen LogP contribution in [0, 0.1) is 0 Å². The Labute approximate surface area is 184 Å². The molecule has 0 atom stereocenters. The van der Waals surface area contributed by atoms with Crippen LogP contribution in [0.1, 0.15) is 33.0 Å². The highest BCUT2D eigenvalue weighted by Gasteiger charge is 2.35. The Hall–Kier alpha value is -4.14. The Morgan fingerprint density at radius 3 is 2.25 bits per heavy atom. The summed E-state index contributed by atoms with van der Waals surface area (Å²) < 4.78 is 6.75. The summed E-state index contributed by atoms with van der Waals surface area (Å²) in [5.41, 5.74) is 8.62. The lowest BCUT2D eigenvalue weighted by Gasteiger charge is -2.32. The van der Waals surface area contributed by atoms with Gasteiger partial charge in [-0.25, -0.2) is 4.68 Å². The smallest absolute Gasteiger partial charge is 0.277 e. The van der Waals surface area contributed by atoms with E-state index in [1.807, 2.05) is 24.3 Å². The number of hydrogen-bond acceptors (Lipinski definition) is 5. The molecule has 0 unspecified atom stereocenters. The monoisotopic (exact) mass is 431 g/mol. The predicted molar refractivity (Wildman–Crippen MR) is 117 cm³/mol. The molecular formula is C23H21N5O4. The molecule has 2 N–H and O–H groups in total. The molecule has 9 nitrogen and oxygen atoms in total. The number of nitrogens with zero attached hydrogens (tertiary/aromatic N) is 4. The zero-order chi connectivity index (χ0) is 22.4. The van der Waals surface area contributed by atoms with E-state index in [0.717, 1.165) is 5.69 Å². The Morgan fingerprint density at radius 2 is 1.66 bits per heavy atom. The highest BCUT2D eigenvalue weighted by molar-refractivity contribution is 6.09. The number of carbonyl (C=O) groups excluding carboxylic acids is 3. The number of ether oxygens (including phenoxy) is 1. The highest BCUT2D eigenvalue weighted by Crippen LogP contribution is 2.31. The van der Waals surface area contributed by atoms with Crippen molar-refractivity contribution in [1.82, 2.24) is 9.78 Å². The number of benzene rings is 2. The molecule has 0 radical (unpaired) electrons. The molecule has 0 saturated carbocycles. The molecule has 5 rings (SSSR count). The first-order valence-electron chi connectivity index (χ1n) is 10.3. The van der Waals surface area contributed by atoms with Gasteiger partial charge in [-0.2, -0.15) is 5.10 Å². The summed E-state index contributed by atoms with van der Waals surface area (Å²) in [6.07, 6.45) is 1.00. The molecule has 3 heterocycles. The maximum atomic E-state index is 13.6.